The number of benzene rings is 1. The van der Waals surface area contributed by atoms with Gasteiger partial charge in [0, 0.05) is 16.6 Å². The highest BCUT2D eigenvalue weighted by molar-refractivity contribution is 6.31. The Labute approximate surface area is 89.1 Å². The van der Waals surface area contributed by atoms with Crippen LogP contribution in [0.2, 0.25) is 5.02 Å². The Bertz CT molecular complexity index is 292. The van der Waals surface area contributed by atoms with Gasteiger partial charge in [-0.25, -0.2) is 4.39 Å². The van der Waals surface area contributed by atoms with Gasteiger partial charge in [0.2, 0.25) is 0 Å². The minimum atomic E-state index is -0.316. The fraction of sp³-hybridized carbons (Fsp3) is 0.455. The van der Waals surface area contributed by atoms with Crippen LogP contribution < -0.4 is 5.73 Å². The second-order valence-corrected chi connectivity index (χ2v) is 4.28. The zero-order chi connectivity index (χ0) is 10.7. The Hall–Kier alpha value is -0.600. The molecule has 0 saturated carbocycles. The van der Waals surface area contributed by atoms with Gasteiger partial charge >= 0.3 is 0 Å². The van der Waals surface area contributed by atoms with Gasteiger partial charge in [-0.15, -0.1) is 0 Å². The van der Waals surface area contributed by atoms with Gasteiger partial charge in [0.1, 0.15) is 5.82 Å². The maximum atomic E-state index is 13.4. The van der Waals surface area contributed by atoms with Crippen LogP contribution in [0, 0.1) is 11.7 Å². The molecule has 0 aliphatic rings. The summed E-state index contributed by atoms with van der Waals surface area (Å²) in [7, 11) is 0. The highest BCUT2D eigenvalue weighted by atomic mass is 35.5. The zero-order valence-corrected chi connectivity index (χ0v) is 9.18. The van der Waals surface area contributed by atoms with Crippen molar-refractivity contribution in [3.8, 4) is 0 Å². The van der Waals surface area contributed by atoms with Gasteiger partial charge in [-0.3, -0.25) is 0 Å². The number of hydrogen-bond donors (Lipinski definition) is 1. The van der Waals surface area contributed by atoms with E-state index >= 15 is 0 Å². The number of nitrogens with two attached hydrogens (primary N) is 1. The average molecular weight is 216 g/mol. The fourth-order valence-electron chi connectivity index (χ4n) is 1.49. The normalized spacial score (nSPS) is 13.3. The van der Waals surface area contributed by atoms with Crippen LogP contribution in [0.1, 0.15) is 31.9 Å². The molecule has 78 valence electrons. The molecular weight excluding hydrogens is 201 g/mol. The first-order valence-electron chi connectivity index (χ1n) is 4.72. The topological polar surface area (TPSA) is 26.0 Å². The molecule has 2 N–H and O–H groups in total. The van der Waals surface area contributed by atoms with Crippen LogP contribution >= 0.6 is 11.6 Å². The van der Waals surface area contributed by atoms with Crippen molar-refractivity contribution in [2.24, 2.45) is 11.7 Å². The van der Waals surface area contributed by atoms with Crippen molar-refractivity contribution in [1.29, 1.82) is 0 Å². The van der Waals surface area contributed by atoms with Crippen molar-refractivity contribution in [3.05, 3.63) is 34.6 Å². The monoisotopic (exact) mass is 215 g/mol. The van der Waals surface area contributed by atoms with Crippen molar-refractivity contribution in [3.63, 3.8) is 0 Å². The molecule has 1 aromatic carbocycles. The molecule has 0 aliphatic carbocycles. The Morgan fingerprint density at radius 3 is 2.57 bits per heavy atom. The molecule has 0 amide bonds. The summed E-state index contributed by atoms with van der Waals surface area (Å²) in [4.78, 5) is 0. The lowest BCUT2D eigenvalue weighted by Crippen LogP contribution is -2.15. The second-order valence-electron chi connectivity index (χ2n) is 3.87. The first-order valence-corrected chi connectivity index (χ1v) is 5.09. The molecular formula is C11H15ClFN. The molecule has 1 rings (SSSR count). The predicted octanol–water partition coefficient (Wildman–Crippen LogP) is 3.53. The van der Waals surface area contributed by atoms with E-state index in [1.54, 1.807) is 12.1 Å². The van der Waals surface area contributed by atoms with Gasteiger partial charge in [0.05, 0.1) is 0 Å². The molecule has 1 aromatic rings. The van der Waals surface area contributed by atoms with Crippen LogP contribution in [0.15, 0.2) is 18.2 Å². The van der Waals surface area contributed by atoms with Crippen LogP contribution in [0.4, 0.5) is 4.39 Å². The molecule has 14 heavy (non-hydrogen) atoms. The average Bonchev–Trinajstić information content (AvgIpc) is 2.01. The van der Waals surface area contributed by atoms with Gasteiger partial charge in [0.15, 0.2) is 0 Å². The number of halogens is 2. The van der Waals surface area contributed by atoms with E-state index in [1.165, 1.54) is 6.07 Å². The molecule has 0 heterocycles. The van der Waals surface area contributed by atoms with Crippen LogP contribution in [-0.2, 0) is 0 Å². The molecule has 3 heteroatoms. The first kappa shape index (κ1) is 11.5. The number of rotatable bonds is 3. The molecule has 0 aliphatic heterocycles. The first-order chi connectivity index (χ1) is 6.52. The van der Waals surface area contributed by atoms with E-state index in [-0.39, 0.29) is 11.9 Å². The van der Waals surface area contributed by atoms with Crippen LogP contribution in [-0.4, -0.2) is 0 Å². The van der Waals surface area contributed by atoms with E-state index in [4.69, 9.17) is 17.3 Å². The molecule has 0 spiro atoms. The van der Waals surface area contributed by atoms with E-state index in [2.05, 4.69) is 13.8 Å². The maximum Gasteiger partial charge on any atom is 0.129 e. The van der Waals surface area contributed by atoms with Gasteiger partial charge in [-0.2, -0.15) is 0 Å². The Balaban J connectivity index is 2.94. The quantitative estimate of drug-likeness (QED) is 0.820. The van der Waals surface area contributed by atoms with Crippen molar-refractivity contribution in [1.82, 2.24) is 0 Å². The molecule has 1 nitrogen and oxygen atoms in total. The third kappa shape index (κ3) is 2.69. The van der Waals surface area contributed by atoms with Gasteiger partial charge in [-0.1, -0.05) is 31.5 Å². The molecule has 1 atom stereocenters. The van der Waals surface area contributed by atoms with Crippen molar-refractivity contribution < 1.29 is 4.39 Å². The van der Waals surface area contributed by atoms with Gasteiger partial charge in [0.25, 0.3) is 0 Å². The number of hydrogen-bond acceptors (Lipinski definition) is 1. The van der Waals surface area contributed by atoms with Gasteiger partial charge in [-0.05, 0) is 24.5 Å². The second kappa shape index (κ2) is 4.76. The Morgan fingerprint density at radius 1 is 1.43 bits per heavy atom. The van der Waals surface area contributed by atoms with Crippen molar-refractivity contribution in [2.75, 3.05) is 0 Å². The standard InChI is InChI=1S/C11H15ClFN/c1-7(2)6-10(14)11-8(12)4-3-5-9(11)13/h3-5,7,10H,6,14H2,1-2H3/t10-/m1/s1. The summed E-state index contributed by atoms with van der Waals surface area (Å²) in [6.07, 6.45) is 0.737. The predicted molar refractivity (Wildman–Crippen MR) is 57.8 cm³/mol. The SMILES string of the molecule is CC(C)C[C@@H](N)c1c(F)cccc1Cl. The zero-order valence-electron chi connectivity index (χ0n) is 8.43. The van der Waals surface area contributed by atoms with Crippen molar-refractivity contribution in [2.45, 2.75) is 26.3 Å². The molecule has 0 aromatic heterocycles. The summed E-state index contributed by atoms with van der Waals surface area (Å²) in [5.41, 5.74) is 6.31. The summed E-state index contributed by atoms with van der Waals surface area (Å²) < 4.78 is 13.4. The summed E-state index contributed by atoms with van der Waals surface area (Å²) in [5.74, 6) is 0.117. The maximum absolute atomic E-state index is 13.4. The lowest BCUT2D eigenvalue weighted by atomic mass is 9.97. The molecule has 0 bridgehead atoms. The fourth-order valence-corrected chi connectivity index (χ4v) is 1.79. The van der Waals surface area contributed by atoms with Gasteiger partial charge < -0.3 is 5.73 Å². The third-order valence-electron chi connectivity index (χ3n) is 2.10. The summed E-state index contributed by atoms with van der Waals surface area (Å²) in [6, 6.07) is 4.33. The van der Waals surface area contributed by atoms with E-state index < -0.39 is 0 Å². The largest absolute Gasteiger partial charge is 0.324 e. The highest BCUT2D eigenvalue weighted by Crippen LogP contribution is 2.28. The minimum absolute atomic E-state index is 0.314. The summed E-state index contributed by atoms with van der Waals surface area (Å²) in [5, 5.41) is 0.415. The minimum Gasteiger partial charge on any atom is -0.324 e. The third-order valence-corrected chi connectivity index (χ3v) is 2.43. The lowest BCUT2D eigenvalue weighted by molar-refractivity contribution is 0.489. The van der Waals surface area contributed by atoms with Crippen molar-refractivity contribution >= 4 is 11.6 Å². The molecule has 0 fully saturated rings. The molecule has 0 unspecified atom stereocenters. The summed E-state index contributed by atoms with van der Waals surface area (Å²) in [6.45, 7) is 4.10. The lowest BCUT2D eigenvalue weighted by Gasteiger charge is -2.16. The Morgan fingerprint density at radius 2 is 2.07 bits per heavy atom. The smallest absolute Gasteiger partial charge is 0.129 e. The van der Waals surface area contributed by atoms with E-state index in [0.29, 0.717) is 16.5 Å². The molecule has 0 radical (unpaired) electrons. The van der Waals surface area contributed by atoms with Crippen LogP contribution in [0.5, 0.6) is 0 Å². The van der Waals surface area contributed by atoms with Crippen LogP contribution in [0.25, 0.3) is 0 Å². The Kier molecular flexibility index (Phi) is 3.90. The van der Waals surface area contributed by atoms with E-state index in [0.717, 1.165) is 6.42 Å². The highest BCUT2D eigenvalue weighted by Gasteiger charge is 2.15. The summed E-state index contributed by atoms with van der Waals surface area (Å²) >= 11 is 5.89. The van der Waals surface area contributed by atoms with Crippen LogP contribution in [0.3, 0.4) is 0 Å². The van der Waals surface area contributed by atoms with E-state index in [1.807, 2.05) is 0 Å². The van der Waals surface area contributed by atoms with E-state index in [9.17, 15) is 4.39 Å². The molecule has 0 saturated heterocycles.